The van der Waals surface area contributed by atoms with Crippen molar-refractivity contribution in [2.45, 2.75) is 44.9 Å². The summed E-state index contributed by atoms with van der Waals surface area (Å²) < 4.78 is 41.6. The second-order valence-corrected chi connectivity index (χ2v) is 5.58. The highest BCUT2D eigenvalue weighted by molar-refractivity contribution is 5.75. The van der Waals surface area contributed by atoms with Crippen LogP contribution in [0.4, 0.5) is 13.2 Å². The summed E-state index contributed by atoms with van der Waals surface area (Å²) in [5.41, 5.74) is 0. The molecule has 0 amide bonds. The van der Waals surface area contributed by atoms with Crippen molar-refractivity contribution in [2.75, 3.05) is 26.7 Å². The molecule has 1 N–H and O–H groups in total. The predicted octanol–water partition coefficient (Wildman–Crippen LogP) is 1.80. The molecule has 0 spiro atoms. The van der Waals surface area contributed by atoms with Crippen LogP contribution in [0.15, 0.2) is 0 Å². The van der Waals surface area contributed by atoms with Gasteiger partial charge in [-0.1, -0.05) is 13.8 Å². The molecule has 1 heterocycles. The van der Waals surface area contributed by atoms with Gasteiger partial charge >= 0.3 is 12.1 Å². The Morgan fingerprint density at radius 1 is 1.35 bits per heavy atom. The van der Waals surface area contributed by atoms with Crippen LogP contribution >= 0.6 is 0 Å². The Morgan fingerprint density at radius 2 is 1.90 bits per heavy atom. The zero-order valence-corrected chi connectivity index (χ0v) is 12.2. The second-order valence-electron chi connectivity index (χ2n) is 5.58. The van der Waals surface area contributed by atoms with Crippen LogP contribution in [0, 0.1) is 5.92 Å². The number of ether oxygens (including phenoxy) is 1. The number of nitrogens with one attached hydrogen (secondary N) is 1. The van der Waals surface area contributed by atoms with Gasteiger partial charge in [0.1, 0.15) is 6.04 Å². The molecule has 1 aliphatic heterocycles. The second kappa shape index (κ2) is 7.26. The molecule has 0 aromatic carbocycles. The van der Waals surface area contributed by atoms with Gasteiger partial charge in [0, 0.05) is 6.04 Å². The van der Waals surface area contributed by atoms with E-state index in [0.29, 0.717) is 25.9 Å². The van der Waals surface area contributed by atoms with Crippen molar-refractivity contribution in [3.05, 3.63) is 0 Å². The quantitative estimate of drug-likeness (QED) is 0.786. The van der Waals surface area contributed by atoms with Crippen molar-refractivity contribution in [1.82, 2.24) is 10.2 Å². The number of likely N-dealkylation sites (tertiary alicyclic amines) is 1. The van der Waals surface area contributed by atoms with Crippen molar-refractivity contribution in [1.29, 1.82) is 0 Å². The molecule has 7 heteroatoms. The SMILES string of the molecule is COC(=O)[C@@H](NC1CCN(CC(F)(F)F)CC1)C(C)C. The maximum Gasteiger partial charge on any atom is 0.401 e. The number of hydrogen-bond donors (Lipinski definition) is 1. The van der Waals surface area contributed by atoms with Gasteiger partial charge in [-0.05, 0) is 31.8 Å². The lowest BCUT2D eigenvalue weighted by Crippen LogP contribution is -2.52. The van der Waals surface area contributed by atoms with E-state index >= 15 is 0 Å². The Balaban J connectivity index is 2.43. The number of carbonyl (C=O) groups is 1. The van der Waals surface area contributed by atoms with E-state index in [4.69, 9.17) is 4.74 Å². The number of hydrogen-bond acceptors (Lipinski definition) is 4. The number of halogens is 3. The van der Waals surface area contributed by atoms with Crippen LogP contribution in [0.1, 0.15) is 26.7 Å². The Kier molecular flexibility index (Phi) is 6.26. The first kappa shape index (κ1) is 17.2. The number of nitrogens with zero attached hydrogens (tertiary/aromatic N) is 1. The van der Waals surface area contributed by atoms with Gasteiger partial charge in [-0.3, -0.25) is 9.69 Å². The van der Waals surface area contributed by atoms with Crippen LogP contribution in [0.25, 0.3) is 0 Å². The summed E-state index contributed by atoms with van der Waals surface area (Å²) in [6, 6.07) is -0.342. The monoisotopic (exact) mass is 296 g/mol. The van der Waals surface area contributed by atoms with E-state index in [0.717, 1.165) is 0 Å². The van der Waals surface area contributed by atoms with Crippen molar-refractivity contribution in [3.8, 4) is 0 Å². The lowest BCUT2D eigenvalue weighted by molar-refractivity contribution is -0.148. The maximum atomic E-state index is 12.3. The van der Waals surface area contributed by atoms with Crippen LogP contribution in [-0.4, -0.2) is 55.9 Å². The molecule has 0 bridgehead atoms. The Bertz CT molecular complexity index is 313. The molecule has 0 aliphatic carbocycles. The molecular formula is C13H23F3N2O2. The van der Waals surface area contributed by atoms with Crippen molar-refractivity contribution in [2.24, 2.45) is 5.92 Å². The molecule has 1 atom stereocenters. The average Bonchev–Trinajstić information content (AvgIpc) is 2.34. The third-order valence-electron chi connectivity index (χ3n) is 3.53. The number of methoxy groups -OCH3 is 1. The number of esters is 1. The van der Waals surface area contributed by atoms with Gasteiger partial charge in [-0.15, -0.1) is 0 Å². The topological polar surface area (TPSA) is 41.6 Å². The fourth-order valence-corrected chi connectivity index (χ4v) is 2.42. The van der Waals surface area contributed by atoms with Gasteiger partial charge in [-0.25, -0.2) is 0 Å². The number of piperidine rings is 1. The molecule has 1 fully saturated rings. The van der Waals surface area contributed by atoms with Gasteiger partial charge in [0.05, 0.1) is 13.7 Å². The normalized spacial score (nSPS) is 20.1. The molecule has 1 rings (SSSR count). The molecule has 0 aromatic rings. The largest absolute Gasteiger partial charge is 0.468 e. The first-order valence-electron chi connectivity index (χ1n) is 6.86. The number of carbonyl (C=O) groups excluding carboxylic acids is 1. The van der Waals surface area contributed by atoms with E-state index in [9.17, 15) is 18.0 Å². The maximum absolute atomic E-state index is 12.3. The first-order valence-corrected chi connectivity index (χ1v) is 6.86. The van der Waals surface area contributed by atoms with Gasteiger partial charge in [0.15, 0.2) is 0 Å². The molecular weight excluding hydrogens is 273 g/mol. The summed E-state index contributed by atoms with van der Waals surface area (Å²) in [6.45, 7) is 3.75. The van der Waals surface area contributed by atoms with Crippen molar-refractivity contribution in [3.63, 3.8) is 0 Å². The lowest BCUT2D eigenvalue weighted by atomic mass is 9.99. The highest BCUT2D eigenvalue weighted by Gasteiger charge is 2.33. The number of rotatable bonds is 5. The van der Waals surface area contributed by atoms with E-state index in [2.05, 4.69) is 5.32 Å². The standard InChI is InChI=1S/C13H23F3N2O2/c1-9(2)11(12(19)20-3)17-10-4-6-18(7-5-10)8-13(14,15)16/h9-11,17H,4-8H2,1-3H3/t11-/m0/s1. The summed E-state index contributed by atoms with van der Waals surface area (Å²) >= 11 is 0. The zero-order valence-electron chi connectivity index (χ0n) is 12.2. The lowest BCUT2D eigenvalue weighted by Gasteiger charge is -2.35. The molecule has 0 unspecified atom stereocenters. The molecule has 1 aliphatic rings. The minimum Gasteiger partial charge on any atom is -0.468 e. The zero-order chi connectivity index (χ0) is 15.3. The average molecular weight is 296 g/mol. The summed E-state index contributed by atoms with van der Waals surface area (Å²) in [6.07, 6.45) is -2.93. The Hall–Kier alpha value is -0.820. The van der Waals surface area contributed by atoms with Gasteiger partial charge in [0.25, 0.3) is 0 Å². The Labute approximate surface area is 117 Å². The smallest absolute Gasteiger partial charge is 0.401 e. The van der Waals surface area contributed by atoms with Crippen LogP contribution < -0.4 is 5.32 Å². The van der Waals surface area contributed by atoms with Gasteiger partial charge in [-0.2, -0.15) is 13.2 Å². The summed E-state index contributed by atoms with van der Waals surface area (Å²) in [5, 5.41) is 3.21. The van der Waals surface area contributed by atoms with Crippen molar-refractivity contribution >= 4 is 5.97 Å². The van der Waals surface area contributed by atoms with E-state index in [1.54, 1.807) is 0 Å². The summed E-state index contributed by atoms with van der Waals surface area (Å²) in [7, 11) is 1.34. The third-order valence-corrected chi connectivity index (χ3v) is 3.53. The molecule has 20 heavy (non-hydrogen) atoms. The highest BCUT2D eigenvalue weighted by Crippen LogP contribution is 2.20. The summed E-state index contributed by atoms with van der Waals surface area (Å²) in [4.78, 5) is 13.0. The summed E-state index contributed by atoms with van der Waals surface area (Å²) in [5.74, 6) is -0.242. The van der Waals surface area contributed by atoms with Crippen LogP contribution in [0.5, 0.6) is 0 Å². The minimum absolute atomic E-state index is 0.0611. The Morgan fingerprint density at radius 3 is 2.30 bits per heavy atom. The fourth-order valence-electron chi connectivity index (χ4n) is 2.42. The minimum atomic E-state index is -4.15. The molecule has 0 radical (unpaired) electrons. The predicted molar refractivity (Wildman–Crippen MR) is 69.3 cm³/mol. The van der Waals surface area contributed by atoms with Crippen LogP contribution in [0.2, 0.25) is 0 Å². The number of alkyl halides is 3. The first-order chi connectivity index (χ1) is 9.23. The van der Waals surface area contributed by atoms with Crippen LogP contribution in [0.3, 0.4) is 0 Å². The molecule has 118 valence electrons. The highest BCUT2D eigenvalue weighted by atomic mass is 19.4. The van der Waals surface area contributed by atoms with Gasteiger partial charge < -0.3 is 10.1 Å². The van der Waals surface area contributed by atoms with E-state index in [1.165, 1.54) is 12.0 Å². The van der Waals surface area contributed by atoms with E-state index < -0.39 is 18.8 Å². The van der Waals surface area contributed by atoms with E-state index in [1.807, 2.05) is 13.8 Å². The fraction of sp³-hybridized carbons (Fsp3) is 0.923. The van der Waals surface area contributed by atoms with Crippen LogP contribution in [-0.2, 0) is 9.53 Å². The van der Waals surface area contributed by atoms with E-state index in [-0.39, 0.29) is 17.9 Å². The van der Waals surface area contributed by atoms with Gasteiger partial charge in [0.2, 0.25) is 0 Å². The molecule has 4 nitrogen and oxygen atoms in total. The molecule has 1 saturated heterocycles. The molecule has 0 aromatic heterocycles. The van der Waals surface area contributed by atoms with Crippen molar-refractivity contribution < 1.29 is 22.7 Å². The third kappa shape index (κ3) is 5.66. The molecule has 0 saturated carbocycles.